The number of hydrogen-bond donors (Lipinski definition) is 1. The first-order chi connectivity index (χ1) is 5.88. The van der Waals surface area contributed by atoms with E-state index in [1.165, 1.54) is 25.5 Å². The number of carbonyl (C=O) groups excluding carboxylic acids is 1. The van der Waals surface area contributed by atoms with Crippen LogP contribution >= 0.6 is 0 Å². The van der Waals surface area contributed by atoms with Crippen molar-refractivity contribution in [2.24, 2.45) is 5.41 Å². The molecule has 0 atom stereocenters. The summed E-state index contributed by atoms with van der Waals surface area (Å²) in [6.45, 7) is 5.37. The van der Waals surface area contributed by atoms with Crippen molar-refractivity contribution in [3.8, 4) is 0 Å². The summed E-state index contributed by atoms with van der Waals surface area (Å²) >= 11 is 0. The molecule has 0 bridgehead atoms. The van der Waals surface area contributed by atoms with Crippen LogP contribution in [-0.4, -0.2) is 18.0 Å². The Morgan fingerprint density at radius 1 is 1.38 bits per heavy atom. The summed E-state index contributed by atoms with van der Waals surface area (Å²) in [4.78, 5) is 11.3. The Labute approximate surface area is 78.7 Å². The van der Waals surface area contributed by atoms with Crippen LogP contribution in [0.25, 0.3) is 0 Å². The molecule has 0 aliphatic heterocycles. The molecule has 74 valence electrons. The Kier molecular flexibility index (Phi) is 4.25. The topological polar surface area (TPSA) is 46.5 Å². The lowest BCUT2D eigenvalue weighted by Gasteiger charge is -2.12. The number of rotatable bonds is 3. The van der Waals surface area contributed by atoms with Crippen molar-refractivity contribution >= 4 is 5.78 Å². The van der Waals surface area contributed by atoms with Gasteiger partial charge in [0.05, 0.1) is 13.4 Å². The van der Waals surface area contributed by atoms with Crippen molar-refractivity contribution in [3.63, 3.8) is 0 Å². The molecule has 0 aromatic carbocycles. The molecule has 0 radical (unpaired) electrons. The molecular formula is C10H16O3. The summed E-state index contributed by atoms with van der Waals surface area (Å²) in [5, 5.41) is 9.19. The van der Waals surface area contributed by atoms with Crippen LogP contribution in [0.1, 0.15) is 20.8 Å². The minimum Gasteiger partial charge on any atom is -0.508 e. The Bertz CT molecular complexity index is 231. The lowest BCUT2D eigenvalue weighted by atomic mass is 9.90. The molecule has 0 amide bonds. The first-order valence-corrected chi connectivity index (χ1v) is 4.02. The first kappa shape index (κ1) is 11.8. The van der Waals surface area contributed by atoms with Crippen LogP contribution in [0.4, 0.5) is 0 Å². The molecule has 0 rings (SSSR count). The fourth-order valence-electron chi connectivity index (χ4n) is 0.537. The van der Waals surface area contributed by atoms with E-state index < -0.39 is 5.41 Å². The Morgan fingerprint density at radius 3 is 2.31 bits per heavy atom. The van der Waals surface area contributed by atoms with E-state index in [1.54, 1.807) is 20.8 Å². The van der Waals surface area contributed by atoms with Gasteiger partial charge in [-0.1, -0.05) is 20.8 Å². The van der Waals surface area contributed by atoms with Gasteiger partial charge in [0.2, 0.25) is 0 Å². The summed E-state index contributed by atoms with van der Waals surface area (Å²) < 4.78 is 4.59. The molecule has 0 aromatic rings. The molecule has 0 unspecified atom stereocenters. The quantitative estimate of drug-likeness (QED) is 0.415. The van der Waals surface area contributed by atoms with E-state index in [0.717, 1.165) is 0 Å². The summed E-state index contributed by atoms with van der Waals surface area (Å²) in [5.74, 6) is -0.215. The highest BCUT2D eigenvalue weighted by molar-refractivity contribution is 5.94. The standard InChI is InChI=1S/C10H16O3/c1-10(2,3)9(12)7-8(11)5-6-13-4/h5-7,11H,1-4H3/b6-5+,8-7?. The number of carbonyl (C=O) groups is 1. The molecule has 0 aromatic heterocycles. The number of allylic oxidation sites excluding steroid dienone is 2. The number of methoxy groups -OCH3 is 1. The van der Waals surface area contributed by atoms with E-state index in [0.29, 0.717) is 0 Å². The second kappa shape index (κ2) is 4.70. The lowest BCUT2D eigenvalue weighted by molar-refractivity contribution is -0.121. The predicted octanol–water partition coefficient (Wildman–Crippen LogP) is 2.20. The van der Waals surface area contributed by atoms with Gasteiger partial charge in [-0.2, -0.15) is 0 Å². The number of hydrogen-bond acceptors (Lipinski definition) is 3. The Balaban J connectivity index is 4.40. The maximum atomic E-state index is 11.3. The van der Waals surface area contributed by atoms with Gasteiger partial charge in [0.1, 0.15) is 5.76 Å². The average Bonchev–Trinajstić information content (AvgIpc) is 1.99. The van der Waals surface area contributed by atoms with Gasteiger partial charge in [0.25, 0.3) is 0 Å². The highest BCUT2D eigenvalue weighted by atomic mass is 16.5. The van der Waals surface area contributed by atoms with Gasteiger partial charge >= 0.3 is 0 Å². The third-order valence-corrected chi connectivity index (χ3v) is 1.39. The van der Waals surface area contributed by atoms with E-state index in [1.807, 2.05) is 0 Å². The molecule has 0 spiro atoms. The van der Waals surface area contributed by atoms with Crippen molar-refractivity contribution in [3.05, 3.63) is 24.2 Å². The molecule has 0 aliphatic carbocycles. The van der Waals surface area contributed by atoms with Crippen LogP contribution in [0.5, 0.6) is 0 Å². The molecule has 13 heavy (non-hydrogen) atoms. The molecule has 0 fully saturated rings. The number of aliphatic hydroxyl groups is 1. The van der Waals surface area contributed by atoms with E-state index in [-0.39, 0.29) is 11.5 Å². The fourth-order valence-corrected chi connectivity index (χ4v) is 0.537. The molecule has 3 nitrogen and oxygen atoms in total. The lowest BCUT2D eigenvalue weighted by Crippen LogP contribution is -2.17. The van der Waals surface area contributed by atoms with Crippen LogP contribution < -0.4 is 0 Å². The first-order valence-electron chi connectivity index (χ1n) is 4.02. The SMILES string of the molecule is CO/C=C/C(O)=CC(=O)C(C)(C)C. The van der Waals surface area contributed by atoms with Crippen LogP contribution in [0, 0.1) is 5.41 Å². The van der Waals surface area contributed by atoms with Gasteiger partial charge in [0.15, 0.2) is 5.78 Å². The van der Waals surface area contributed by atoms with Crippen molar-refractivity contribution in [2.45, 2.75) is 20.8 Å². The van der Waals surface area contributed by atoms with Gasteiger partial charge in [-0.25, -0.2) is 0 Å². The summed E-state index contributed by atoms with van der Waals surface area (Å²) in [7, 11) is 1.47. The highest BCUT2D eigenvalue weighted by Crippen LogP contribution is 2.15. The van der Waals surface area contributed by atoms with Crippen LogP contribution in [0.3, 0.4) is 0 Å². The maximum Gasteiger partial charge on any atom is 0.164 e. The van der Waals surface area contributed by atoms with E-state index in [9.17, 15) is 9.90 Å². The largest absolute Gasteiger partial charge is 0.508 e. The van der Waals surface area contributed by atoms with E-state index in [2.05, 4.69) is 4.74 Å². The average molecular weight is 184 g/mol. The molecule has 0 aliphatic rings. The van der Waals surface area contributed by atoms with E-state index in [4.69, 9.17) is 0 Å². The minimum absolute atomic E-state index is 0.0956. The Morgan fingerprint density at radius 2 is 1.92 bits per heavy atom. The van der Waals surface area contributed by atoms with E-state index >= 15 is 0 Å². The molecule has 3 heteroatoms. The van der Waals surface area contributed by atoms with Crippen molar-refractivity contribution < 1.29 is 14.6 Å². The predicted molar refractivity (Wildman–Crippen MR) is 51.3 cm³/mol. The molecule has 0 heterocycles. The summed E-state index contributed by atoms with van der Waals surface area (Å²) in [6.07, 6.45) is 3.82. The van der Waals surface area contributed by atoms with Gasteiger partial charge < -0.3 is 9.84 Å². The smallest absolute Gasteiger partial charge is 0.164 e. The second-order valence-corrected chi connectivity index (χ2v) is 3.72. The third kappa shape index (κ3) is 5.06. The zero-order valence-corrected chi connectivity index (χ0v) is 8.50. The van der Waals surface area contributed by atoms with Gasteiger partial charge in [-0.15, -0.1) is 0 Å². The minimum atomic E-state index is -0.463. The highest BCUT2D eigenvalue weighted by Gasteiger charge is 2.18. The third-order valence-electron chi connectivity index (χ3n) is 1.39. The second-order valence-electron chi connectivity index (χ2n) is 3.72. The fraction of sp³-hybridized carbons (Fsp3) is 0.500. The van der Waals surface area contributed by atoms with Crippen molar-refractivity contribution in [2.75, 3.05) is 7.11 Å². The summed E-state index contributed by atoms with van der Waals surface area (Å²) in [6, 6.07) is 0. The van der Waals surface area contributed by atoms with Gasteiger partial charge in [0, 0.05) is 17.6 Å². The zero-order valence-electron chi connectivity index (χ0n) is 8.50. The van der Waals surface area contributed by atoms with Crippen LogP contribution in [-0.2, 0) is 9.53 Å². The molecule has 0 saturated carbocycles. The monoisotopic (exact) mass is 184 g/mol. The molecular weight excluding hydrogens is 168 g/mol. The normalized spacial score (nSPS) is 13.4. The van der Waals surface area contributed by atoms with Gasteiger partial charge in [-0.3, -0.25) is 4.79 Å². The van der Waals surface area contributed by atoms with Crippen LogP contribution in [0.15, 0.2) is 24.2 Å². The molecule has 0 saturated heterocycles. The van der Waals surface area contributed by atoms with Crippen molar-refractivity contribution in [1.29, 1.82) is 0 Å². The van der Waals surface area contributed by atoms with Crippen LogP contribution in [0.2, 0.25) is 0 Å². The number of ketones is 1. The maximum absolute atomic E-state index is 11.3. The zero-order chi connectivity index (χ0) is 10.5. The number of aliphatic hydroxyl groups excluding tert-OH is 1. The number of ether oxygens (including phenoxy) is 1. The summed E-state index contributed by atoms with van der Waals surface area (Å²) in [5.41, 5.74) is -0.463. The Hall–Kier alpha value is -1.25. The van der Waals surface area contributed by atoms with Gasteiger partial charge in [-0.05, 0) is 0 Å². The molecule has 1 N–H and O–H groups in total. The van der Waals surface area contributed by atoms with Crippen molar-refractivity contribution in [1.82, 2.24) is 0 Å².